The summed E-state index contributed by atoms with van der Waals surface area (Å²) in [5, 5.41) is 19.3. The lowest BCUT2D eigenvalue weighted by Gasteiger charge is -1.93. The summed E-state index contributed by atoms with van der Waals surface area (Å²) < 4.78 is 1.88. The first-order chi connectivity index (χ1) is 11.6. The Morgan fingerprint density at radius 2 is 1.79 bits per heavy atom. The van der Waals surface area contributed by atoms with Gasteiger partial charge in [-0.25, -0.2) is 0 Å². The van der Waals surface area contributed by atoms with Gasteiger partial charge in [-0.3, -0.25) is 4.79 Å². The Bertz CT molecular complexity index is 1100. The zero-order valence-corrected chi connectivity index (χ0v) is 12.9. The number of rotatable bonds is 2. The molecule has 2 aromatic carbocycles. The summed E-state index contributed by atoms with van der Waals surface area (Å²) in [5.74, 6) is -0.554. The summed E-state index contributed by atoms with van der Waals surface area (Å²) in [4.78, 5) is 15.3. The van der Waals surface area contributed by atoms with Crippen LogP contribution < -0.4 is 0 Å². The molecule has 0 spiro atoms. The van der Waals surface area contributed by atoms with Crippen molar-refractivity contribution in [3.05, 3.63) is 60.3 Å². The second kappa shape index (κ2) is 5.34. The highest BCUT2D eigenvalue weighted by Gasteiger charge is 2.14. The number of carbonyl (C=O) groups is 1. The first kappa shape index (κ1) is 14.2. The van der Waals surface area contributed by atoms with Crippen molar-refractivity contribution < 1.29 is 9.90 Å². The number of aryl methyl sites for hydroxylation is 1. The molecule has 2 heterocycles. The summed E-state index contributed by atoms with van der Waals surface area (Å²) in [6.07, 6.45) is 1.74. The minimum absolute atomic E-state index is 0.106. The molecule has 6 nitrogen and oxygen atoms in total. The van der Waals surface area contributed by atoms with Crippen LogP contribution in [0.2, 0.25) is 0 Å². The molecule has 0 saturated carbocycles. The van der Waals surface area contributed by atoms with Crippen LogP contribution in [0, 0.1) is 0 Å². The molecule has 0 radical (unpaired) electrons. The molecule has 4 aromatic rings. The molecule has 2 aromatic heterocycles. The Hall–Kier alpha value is -3.41. The number of hydrogen-bond acceptors (Lipinski definition) is 3. The number of nitrogens with zero attached hydrogens (tertiary/aromatic N) is 3. The minimum atomic E-state index is -0.448. The van der Waals surface area contributed by atoms with Gasteiger partial charge in [-0.2, -0.15) is 0 Å². The highest BCUT2D eigenvalue weighted by molar-refractivity contribution is 6.07. The van der Waals surface area contributed by atoms with Gasteiger partial charge in [0.1, 0.15) is 0 Å². The van der Waals surface area contributed by atoms with Gasteiger partial charge < -0.3 is 14.7 Å². The topological polar surface area (TPSA) is 82.7 Å². The maximum absolute atomic E-state index is 12.4. The lowest BCUT2D eigenvalue weighted by Crippen LogP contribution is -1.92. The van der Waals surface area contributed by atoms with Crippen LogP contribution in [0.25, 0.3) is 21.8 Å². The molecule has 0 unspecified atom stereocenters. The number of aromatic amines is 1. The molecule has 4 rings (SSSR count). The lowest BCUT2D eigenvalue weighted by atomic mass is 10.2. The maximum atomic E-state index is 12.4. The van der Waals surface area contributed by atoms with Gasteiger partial charge in [0.15, 0.2) is 5.69 Å². The van der Waals surface area contributed by atoms with Gasteiger partial charge in [0.2, 0.25) is 5.88 Å². The number of nitrogens with one attached hydrogen (secondary N) is 1. The summed E-state index contributed by atoms with van der Waals surface area (Å²) >= 11 is 0. The van der Waals surface area contributed by atoms with Crippen LogP contribution >= 0.6 is 0 Å². The SMILES string of the molecule is Cn1cc(C(=O)N=Nc2c(O)[nH]c3ccccc23)c2ccccc21. The normalized spacial score (nSPS) is 11.7. The molecule has 1 amide bonds. The number of aromatic nitrogens is 2. The Morgan fingerprint density at radius 3 is 2.62 bits per heavy atom. The van der Waals surface area contributed by atoms with Crippen LogP contribution in [0.1, 0.15) is 10.4 Å². The van der Waals surface area contributed by atoms with E-state index in [0.29, 0.717) is 10.9 Å². The lowest BCUT2D eigenvalue weighted by molar-refractivity contribution is 0.0996. The second-order valence-corrected chi connectivity index (χ2v) is 5.54. The highest BCUT2D eigenvalue weighted by atomic mass is 16.3. The number of benzene rings is 2. The van der Waals surface area contributed by atoms with Gasteiger partial charge in [0.05, 0.1) is 11.1 Å². The molecule has 0 bridgehead atoms. The average molecular weight is 318 g/mol. The fourth-order valence-electron chi connectivity index (χ4n) is 2.88. The molecule has 0 aliphatic heterocycles. The minimum Gasteiger partial charge on any atom is -0.493 e. The molecule has 24 heavy (non-hydrogen) atoms. The van der Waals surface area contributed by atoms with E-state index in [1.165, 1.54) is 0 Å². The largest absolute Gasteiger partial charge is 0.493 e. The van der Waals surface area contributed by atoms with E-state index in [1.54, 1.807) is 6.20 Å². The first-order valence-electron chi connectivity index (χ1n) is 7.45. The zero-order chi connectivity index (χ0) is 16.7. The van der Waals surface area contributed by atoms with E-state index < -0.39 is 5.91 Å². The fraction of sp³-hybridized carbons (Fsp3) is 0.0556. The number of aromatic hydroxyl groups is 1. The molecule has 0 fully saturated rings. The summed E-state index contributed by atoms with van der Waals surface area (Å²) in [5.41, 5.74) is 2.43. The van der Waals surface area contributed by atoms with Gasteiger partial charge in [-0.1, -0.05) is 36.4 Å². The Balaban J connectivity index is 1.75. The Morgan fingerprint density at radius 1 is 1.08 bits per heavy atom. The van der Waals surface area contributed by atoms with Crippen molar-refractivity contribution in [1.29, 1.82) is 0 Å². The highest BCUT2D eigenvalue weighted by Crippen LogP contribution is 2.35. The second-order valence-electron chi connectivity index (χ2n) is 5.54. The van der Waals surface area contributed by atoms with Crippen molar-refractivity contribution in [2.45, 2.75) is 0 Å². The third-order valence-electron chi connectivity index (χ3n) is 4.03. The van der Waals surface area contributed by atoms with Crippen LogP contribution in [0.15, 0.2) is 65.0 Å². The van der Waals surface area contributed by atoms with Crippen molar-refractivity contribution >= 4 is 33.4 Å². The molecule has 0 saturated heterocycles. The van der Waals surface area contributed by atoms with Crippen molar-refractivity contribution in [1.82, 2.24) is 9.55 Å². The molecule has 0 aliphatic carbocycles. The van der Waals surface area contributed by atoms with E-state index in [1.807, 2.05) is 60.1 Å². The summed E-state index contributed by atoms with van der Waals surface area (Å²) in [6.45, 7) is 0. The zero-order valence-electron chi connectivity index (χ0n) is 12.9. The number of para-hydroxylation sites is 2. The van der Waals surface area contributed by atoms with Crippen LogP contribution in [0.3, 0.4) is 0 Å². The van der Waals surface area contributed by atoms with E-state index in [0.717, 1.165) is 16.4 Å². The summed E-state index contributed by atoms with van der Waals surface area (Å²) in [7, 11) is 1.88. The number of hydrogen-bond donors (Lipinski definition) is 2. The quantitative estimate of drug-likeness (QED) is 0.540. The third kappa shape index (κ3) is 2.16. The number of H-pyrrole nitrogens is 1. The third-order valence-corrected chi connectivity index (χ3v) is 4.03. The smallest absolute Gasteiger partial charge is 0.297 e. The van der Waals surface area contributed by atoms with Crippen LogP contribution in [-0.4, -0.2) is 20.6 Å². The van der Waals surface area contributed by atoms with E-state index in [2.05, 4.69) is 15.2 Å². The molecular formula is C18H14N4O2. The maximum Gasteiger partial charge on any atom is 0.297 e. The molecule has 0 atom stereocenters. The van der Waals surface area contributed by atoms with Gasteiger partial charge in [0.25, 0.3) is 5.91 Å². The predicted octanol–water partition coefficient (Wildman–Crippen LogP) is 4.29. The van der Waals surface area contributed by atoms with Crippen LogP contribution in [0.5, 0.6) is 5.88 Å². The van der Waals surface area contributed by atoms with Crippen molar-refractivity contribution in [3.8, 4) is 5.88 Å². The van der Waals surface area contributed by atoms with Crippen LogP contribution in [-0.2, 0) is 7.05 Å². The van der Waals surface area contributed by atoms with E-state index in [9.17, 15) is 9.90 Å². The van der Waals surface area contributed by atoms with Gasteiger partial charge >= 0.3 is 0 Å². The fourth-order valence-corrected chi connectivity index (χ4v) is 2.88. The monoisotopic (exact) mass is 318 g/mol. The van der Waals surface area contributed by atoms with Crippen LogP contribution in [0.4, 0.5) is 5.69 Å². The number of fused-ring (bicyclic) bond motifs is 2. The van der Waals surface area contributed by atoms with E-state index >= 15 is 0 Å². The van der Waals surface area contributed by atoms with Crippen molar-refractivity contribution in [3.63, 3.8) is 0 Å². The standard InChI is InChI=1S/C18H14N4O2/c1-22-10-13(11-6-3-5-9-15(11)22)17(23)21-20-16-12-7-2-4-8-14(12)19-18(16)24/h2-10,19,24H,1H3. The molecule has 6 heteroatoms. The van der Waals surface area contributed by atoms with Crippen molar-refractivity contribution in [2.24, 2.45) is 17.3 Å². The van der Waals surface area contributed by atoms with E-state index in [-0.39, 0.29) is 11.6 Å². The Kier molecular flexibility index (Phi) is 3.16. The summed E-state index contributed by atoms with van der Waals surface area (Å²) in [6, 6.07) is 14.9. The number of amides is 1. The molecule has 2 N–H and O–H groups in total. The number of carbonyl (C=O) groups excluding carboxylic acids is 1. The number of azo groups is 1. The van der Waals surface area contributed by atoms with Gasteiger partial charge in [-0.15, -0.1) is 10.2 Å². The Labute approximate surface area is 137 Å². The van der Waals surface area contributed by atoms with E-state index in [4.69, 9.17) is 0 Å². The van der Waals surface area contributed by atoms with Gasteiger partial charge in [-0.05, 0) is 12.1 Å². The predicted molar refractivity (Wildman–Crippen MR) is 91.7 cm³/mol. The first-order valence-corrected chi connectivity index (χ1v) is 7.45. The molecular weight excluding hydrogens is 304 g/mol. The average Bonchev–Trinajstić information content (AvgIpc) is 3.10. The van der Waals surface area contributed by atoms with Gasteiger partial charge in [0, 0.05) is 29.5 Å². The molecule has 118 valence electrons. The van der Waals surface area contributed by atoms with Crippen molar-refractivity contribution in [2.75, 3.05) is 0 Å². The molecule has 0 aliphatic rings.